The van der Waals surface area contributed by atoms with Crippen molar-refractivity contribution in [2.45, 2.75) is 13.5 Å². The first-order valence-electron chi connectivity index (χ1n) is 4.44. The highest BCUT2D eigenvalue weighted by atomic mass is 16.5. The summed E-state index contributed by atoms with van der Waals surface area (Å²) in [5, 5.41) is 3.32. The Labute approximate surface area is 77.3 Å². The lowest BCUT2D eigenvalue weighted by Gasteiger charge is -2.38. The van der Waals surface area contributed by atoms with E-state index >= 15 is 0 Å². The van der Waals surface area contributed by atoms with Gasteiger partial charge >= 0.3 is 0 Å². The van der Waals surface area contributed by atoms with E-state index in [4.69, 9.17) is 9.15 Å². The molecule has 0 spiro atoms. The molecular weight excluding hydrogens is 168 g/mol. The lowest BCUT2D eigenvalue weighted by molar-refractivity contribution is -0.0992. The molecule has 0 unspecified atom stereocenters. The molecule has 1 saturated heterocycles. The van der Waals surface area contributed by atoms with Gasteiger partial charge in [0.1, 0.15) is 5.76 Å². The number of oxazole rings is 1. The Bertz CT molecular complexity index is 255. The highest BCUT2D eigenvalue weighted by Gasteiger charge is 2.32. The molecule has 4 nitrogen and oxygen atoms in total. The number of nitrogens with zero attached hydrogens (tertiary/aromatic N) is 1. The van der Waals surface area contributed by atoms with E-state index in [0.717, 1.165) is 32.1 Å². The van der Waals surface area contributed by atoms with Gasteiger partial charge in [0, 0.05) is 12.0 Å². The first kappa shape index (κ1) is 8.72. The van der Waals surface area contributed by atoms with Crippen molar-refractivity contribution in [2.75, 3.05) is 19.8 Å². The van der Waals surface area contributed by atoms with Crippen LogP contribution in [0.4, 0.5) is 0 Å². The maximum Gasteiger partial charge on any atom is 0.180 e. The lowest BCUT2D eigenvalue weighted by atomic mass is 9.89. The second kappa shape index (κ2) is 3.47. The van der Waals surface area contributed by atoms with Crippen LogP contribution in [-0.2, 0) is 11.3 Å². The third-order valence-corrected chi connectivity index (χ3v) is 2.24. The van der Waals surface area contributed by atoms with Crippen molar-refractivity contribution in [3.8, 4) is 0 Å². The Hall–Kier alpha value is -0.870. The predicted molar refractivity (Wildman–Crippen MR) is 47.1 cm³/mol. The van der Waals surface area contributed by atoms with Gasteiger partial charge in [0.2, 0.25) is 0 Å². The zero-order valence-electron chi connectivity index (χ0n) is 7.75. The van der Waals surface area contributed by atoms with Gasteiger partial charge in [-0.3, -0.25) is 0 Å². The van der Waals surface area contributed by atoms with E-state index in [1.807, 2.05) is 0 Å². The molecule has 4 heteroatoms. The van der Waals surface area contributed by atoms with E-state index in [9.17, 15) is 0 Å². The standard InChI is InChI=1S/C9H14N2O2/c1-9(5-12-6-9)4-10-2-8-3-11-7-13-8/h3,7,10H,2,4-6H2,1H3. The van der Waals surface area contributed by atoms with Crippen molar-refractivity contribution in [3.63, 3.8) is 0 Å². The summed E-state index contributed by atoms with van der Waals surface area (Å²) in [6.45, 7) is 5.64. The molecule has 0 bridgehead atoms. The van der Waals surface area contributed by atoms with Crippen LogP contribution in [0.1, 0.15) is 12.7 Å². The molecule has 1 aromatic rings. The summed E-state index contributed by atoms with van der Waals surface area (Å²) < 4.78 is 10.2. The summed E-state index contributed by atoms with van der Waals surface area (Å²) in [4.78, 5) is 3.84. The summed E-state index contributed by atoms with van der Waals surface area (Å²) in [5.41, 5.74) is 0.319. The maximum atomic E-state index is 5.15. The topological polar surface area (TPSA) is 47.3 Å². The lowest BCUT2D eigenvalue weighted by Crippen LogP contribution is -2.47. The fourth-order valence-corrected chi connectivity index (χ4v) is 1.37. The van der Waals surface area contributed by atoms with Gasteiger partial charge in [-0.05, 0) is 0 Å². The van der Waals surface area contributed by atoms with Crippen LogP contribution in [0.25, 0.3) is 0 Å². The van der Waals surface area contributed by atoms with Crippen molar-refractivity contribution >= 4 is 0 Å². The van der Waals surface area contributed by atoms with E-state index in [2.05, 4.69) is 17.2 Å². The molecule has 1 N–H and O–H groups in total. The summed E-state index contributed by atoms with van der Waals surface area (Å²) >= 11 is 0. The number of hydrogen-bond donors (Lipinski definition) is 1. The Balaban J connectivity index is 1.69. The highest BCUT2D eigenvalue weighted by molar-refractivity contribution is 4.89. The molecule has 1 fully saturated rings. The van der Waals surface area contributed by atoms with E-state index in [1.54, 1.807) is 6.20 Å². The first-order chi connectivity index (χ1) is 6.29. The summed E-state index contributed by atoms with van der Waals surface area (Å²) in [6.07, 6.45) is 3.18. The second-order valence-corrected chi connectivity index (χ2v) is 3.87. The number of nitrogens with one attached hydrogen (secondary N) is 1. The normalized spacial score (nSPS) is 19.8. The number of hydrogen-bond acceptors (Lipinski definition) is 4. The van der Waals surface area contributed by atoms with Crippen LogP contribution in [-0.4, -0.2) is 24.7 Å². The van der Waals surface area contributed by atoms with Gasteiger partial charge in [0.25, 0.3) is 0 Å². The minimum atomic E-state index is 0.319. The minimum Gasteiger partial charge on any atom is -0.447 e. The molecule has 0 atom stereocenters. The Morgan fingerprint density at radius 1 is 1.62 bits per heavy atom. The second-order valence-electron chi connectivity index (χ2n) is 3.87. The van der Waals surface area contributed by atoms with Crippen LogP contribution in [0, 0.1) is 5.41 Å². The van der Waals surface area contributed by atoms with Crippen molar-refractivity contribution in [1.29, 1.82) is 0 Å². The molecule has 0 aromatic carbocycles. The molecule has 0 saturated carbocycles. The fraction of sp³-hybridized carbons (Fsp3) is 0.667. The van der Waals surface area contributed by atoms with Crippen LogP contribution < -0.4 is 5.32 Å². The molecule has 0 amide bonds. The molecule has 0 aliphatic carbocycles. The highest BCUT2D eigenvalue weighted by Crippen LogP contribution is 2.25. The minimum absolute atomic E-state index is 0.319. The summed E-state index contributed by atoms with van der Waals surface area (Å²) in [7, 11) is 0. The van der Waals surface area contributed by atoms with Crippen molar-refractivity contribution in [3.05, 3.63) is 18.4 Å². The van der Waals surface area contributed by atoms with Crippen molar-refractivity contribution in [1.82, 2.24) is 10.3 Å². The summed E-state index contributed by atoms with van der Waals surface area (Å²) in [6, 6.07) is 0. The van der Waals surface area contributed by atoms with Gasteiger partial charge in [0.15, 0.2) is 6.39 Å². The third kappa shape index (κ3) is 2.08. The zero-order valence-corrected chi connectivity index (χ0v) is 7.75. The molecule has 1 aliphatic heterocycles. The molecule has 2 heterocycles. The Kier molecular flexibility index (Phi) is 2.33. The average molecular weight is 182 g/mol. The van der Waals surface area contributed by atoms with Crippen LogP contribution in [0.3, 0.4) is 0 Å². The van der Waals surface area contributed by atoms with Crippen LogP contribution in [0.15, 0.2) is 17.0 Å². The molecule has 13 heavy (non-hydrogen) atoms. The average Bonchev–Trinajstić information content (AvgIpc) is 2.54. The Morgan fingerprint density at radius 2 is 2.46 bits per heavy atom. The molecular formula is C9H14N2O2. The molecule has 1 aliphatic rings. The first-order valence-corrected chi connectivity index (χ1v) is 4.44. The van der Waals surface area contributed by atoms with E-state index < -0.39 is 0 Å². The van der Waals surface area contributed by atoms with Crippen LogP contribution in [0.2, 0.25) is 0 Å². The summed E-state index contributed by atoms with van der Waals surface area (Å²) in [5.74, 6) is 0.879. The van der Waals surface area contributed by atoms with Crippen LogP contribution in [0.5, 0.6) is 0 Å². The van der Waals surface area contributed by atoms with Crippen molar-refractivity contribution in [2.24, 2.45) is 5.41 Å². The smallest absolute Gasteiger partial charge is 0.180 e. The largest absolute Gasteiger partial charge is 0.447 e. The third-order valence-electron chi connectivity index (χ3n) is 2.24. The number of rotatable bonds is 4. The SMILES string of the molecule is CC1(CNCc2cnco2)COC1. The van der Waals surface area contributed by atoms with Crippen LogP contribution >= 0.6 is 0 Å². The molecule has 2 rings (SSSR count). The van der Waals surface area contributed by atoms with E-state index in [0.29, 0.717) is 5.41 Å². The fourth-order valence-electron chi connectivity index (χ4n) is 1.37. The predicted octanol–water partition coefficient (Wildman–Crippen LogP) is 0.801. The maximum absolute atomic E-state index is 5.15. The van der Waals surface area contributed by atoms with Gasteiger partial charge in [-0.25, -0.2) is 4.98 Å². The van der Waals surface area contributed by atoms with Gasteiger partial charge in [-0.1, -0.05) is 6.92 Å². The monoisotopic (exact) mass is 182 g/mol. The van der Waals surface area contributed by atoms with Crippen molar-refractivity contribution < 1.29 is 9.15 Å². The van der Waals surface area contributed by atoms with Gasteiger partial charge in [-0.15, -0.1) is 0 Å². The van der Waals surface area contributed by atoms with Gasteiger partial charge < -0.3 is 14.5 Å². The quantitative estimate of drug-likeness (QED) is 0.748. The number of aromatic nitrogens is 1. The van der Waals surface area contributed by atoms with Gasteiger partial charge in [-0.2, -0.15) is 0 Å². The molecule has 72 valence electrons. The molecule has 0 radical (unpaired) electrons. The molecule has 1 aromatic heterocycles. The van der Waals surface area contributed by atoms with Gasteiger partial charge in [0.05, 0.1) is 26.0 Å². The Morgan fingerprint density at radius 3 is 3.00 bits per heavy atom. The van der Waals surface area contributed by atoms with E-state index in [-0.39, 0.29) is 0 Å². The number of ether oxygens (including phenoxy) is 1. The van der Waals surface area contributed by atoms with E-state index in [1.165, 1.54) is 6.39 Å². The zero-order chi connectivity index (χ0) is 9.15.